The van der Waals surface area contributed by atoms with E-state index < -0.39 is 0 Å². The van der Waals surface area contributed by atoms with Crippen LogP contribution in [0.4, 0.5) is 0 Å². The highest BCUT2D eigenvalue weighted by atomic mass is 35.5. The van der Waals surface area contributed by atoms with E-state index in [-0.39, 0.29) is 12.4 Å². The lowest BCUT2D eigenvalue weighted by Gasteiger charge is -2.32. The molecule has 1 saturated heterocycles. The molecule has 0 aromatic carbocycles. The van der Waals surface area contributed by atoms with Gasteiger partial charge in [-0.2, -0.15) is 5.10 Å². The summed E-state index contributed by atoms with van der Waals surface area (Å²) < 4.78 is 2.10. The van der Waals surface area contributed by atoms with Gasteiger partial charge >= 0.3 is 0 Å². The summed E-state index contributed by atoms with van der Waals surface area (Å²) in [5.74, 6) is 1.60. The van der Waals surface area contributed by atoms with Crippen molar-refractivity contribution in [3.05, 3.63) is 17.0 Å². The second-order valence-electron chi connectivity index (χ2n) is 7.61. The molecule has 0 radical (unpaired) electrons. The number of amides is 1. The Balaban J connectivity index is 0.00000312. The van der Waals surface area contributed by atoms with Gasteiger partial charge in [0, 0.05) is 31.7 Å². The van der Waals surface area contributed by atoms with E-state index in [1.54, 1.807) is 0 Å². The molecule has 1 fully saturated rings. The number of hydrogen-bond acceptors (Lipinski definition) is 3. The summed E-state index contributed by atoms with van der Waals surface area (Å²) in [5, 5.41) is 7.90. The van der Waals surface area contributed by atoms with Crippen LogP contribution in [0.2, 0.25) is 0 Å². The molecule has 5 nitrogen and oxygen atoms in total. The van der Waals surface area contributed by atoms with Crippen molar-refractivity contribution in [1.29, 1.82) is 0 Å². The molecule has 2 rings (SSSR count). The zero-order valence-electron chi connectivity index (χ0n) is 16.5. The second-order valence-corrected chi connectivity index (χ2v) is 7.61. The lowest BCUT2D eigenvalue weighted by atomic mass is 9.96. The van der Waals surface area contributed by atoms with Crippen LogP contribution in [0.25, 0.3) is 0 Å². The first-order valence-electron chi connectivity index (χ1n) is 9.37. The Morgan fingerprint density at radius 3 is 2.48 bits per heavy atom. The Morgan fingerprint density at radius 2 is 1.92 bits per heavy atom. The normalized spacial score (nSPS) is 15.5. The van der Waals surface area contributed by atoms with Gasteiger partial charge in [-0.05, 0) is 64.1 Å². The Bertz CT molecular complexity index is 548. The molecule has 1 N–H and O–H groups in total. The molecule has 1 aromatic rings. The molecular formula is C19H35ClN4O. The number of carbonyl (C=O) groups excluding carboxylic acids is 1. The van der Waals surface area contributed by atoms with E-state index in [0.29, 0.717) is 18.2 Å². The smallest absolute Gasteiger partial charge is 0.222 e. The van der Waals surface area contributed by atoms with Gasteiger partial charge in [0.25, 0.3) is 0 Å². The van der Waals surface area contributed by atoms with Gasteiger partial charge in [-0.3, -0.25) is 9.48 Å². The quantitative estimate of drug-likeness (QED) is 0.802. The van der Waals surface area contributed by atoms with Crippen LogP contribution in [0, 0.1) is 25.7 Å². The highest BCUT2D eigenvalue weighted by Gasteiger charge is 2.23. The maximum atomic E-state index is 12.5. The monoisotopic (exact) mass is 370 g/mol. The predicted molar refractivity (Wildman–Crippen MR) is 105 cm³/mol. The lowest BCUT2D eigenvalue weighted by Crippen LogP contribution is -2.40. The number of likely N-dealkylation sites (tertiary alicyclic amines) is 1. The molecule has 0 atom stereocenters. The van der Waals surface area contributed by atoms with Crippen molar-refractivity contribution < 1.29 is 4.79 Å². The molecule has 144 valence electrons. The van der Waals surface area contributed by atoms with Gasteiger partial charge in [-0.15, -0.1) is 12.4 Å². The predicted octanol–water partition coefficient (Wildman–Crippen LogP) is 2.97. The SMILES string of the molecule is CNCC1CCN(C(=O)CCc2c(C)nn(CC(C)C)c2C)CC1.Cl. The Labute approximate surface area is 158 Å². The van der Waals surface area contributed by atoms with E-state index in [9.17, 15) is 4.79 Å². The molecule has 0 saturated carbocycles. The van der Waals surface area contributed by atoms with E-state index in [4.69, 9.17) is 0 Å². The first-order valence-corrected chi connectivity index (χ1v) is 9.37. The van der Waals surface area contributed by atoms with E-state index in [1.165, 1.54) is 11.3 Å². The van der Waals surface area contributed by atoms with Crippen LogP contribution in [-0.2, 0) is 17.8 Å². The third-order valence-electron chi connectivity index (χ3n) is 5.12. The molecule has 1 aliphatic rings. The summed E-state index contributed by atoms with van der Waals surface area (Å²) in [4.78, 5) is 14.6. The summed E-state index contributed by atoms with van der Waals surface area (Å²) in [6, 6.07) is 0. The maximum absolute atomic E-state index is 12.5. The molecule has 1 amide bonds. The highest BCUT2D eigenvalue weighted by molar-refractivity contribution is 5.85. The number of hydrogen-bond donors (Lipinski definition) is 1. The van der Waals surface area contributed by atoms with Crippen LogP contribution in [0.15, 0.2) is 0 Å². The Morgan fingerprint density at radius 1 is 1.28 bits per heavy atom. The van der Waals surface area contributed by atoms with Gasteiger partial charge in [0.15, 0.2) is 0 Å². The van der Waals surface area contributed by atoms with Crippen molar-refractivity contribution in [1.82, 2.24) is 20.0 Å². The highest BCUT2D eigenvalue weighted by Crippen LogP contribution is 2.20. The number of aromatic nitrogens is 2. The number of piperidine rings is 1. The molecule has 1 aromatic heterocycles. The summed E-state index contributed by atoms with van der Waals surface area (Å²) in [6.07, 6.45) is 3.66. The van der Waals surface area contributed by atoms with Crippen LogP contribution in [0.5, 0.6) is 0 Å². The largest absolute Gasteiger partial charge is 0.343 e. The third kappa shape index (κ3) is 6.00. The van der Waals surface area contributed by atoms with Crippen molar-refractivity contribution in [3.8, 4) is 0 Å². The second kappa shape index (κ2) is 10.2. The maximum Gasteiger partial charge on any atom is 0.222 e. The zero-order valence-corrected chi connectivity index (χ0v) is 17.3. The number of halogens is 1. The van der Waals surface area contributed by atoms with Crippen LogP contribution in [0.1, 0.15) is 50.1 Å². The minimum atomic E-state index is 0. The van der Waals surface area contributed by atoms with Crippen LogP contribution < -0.4 is 5.32 Å². The van der Waals surface area contributed by atoms with Crippen molar-refractivity contribution in [2.75, 3.05) is 26.7 Å². The average Bonchev–Trinajstić information content (AvgIpc) is 2.79. The van der Waals surface area contributed by atoms with Crippen molar-refractivity contribution >= 4 is 18.3 Å². The van der Waals surface area contributed by atoms with Crippen LogP contribution in [0.3, 0.4) is 0 Å². The number of carbonyl (C=O) groups is 1. The van der Waals surface area contributed by atoms with Gasteiger partial charge in [-0.25, -0.2) is 0 Å². The van der Waals surface area contributed by atoms with E-state index in [2.05, 4.69) is 47.7 Å². The molecule has 0 unspecified atom stereocenters. The van der Waals surface area contributed by atoms with Crippen molar-refractivity contribution in [2.45, 2.75) is 59.9 Å². The van der Waals surface area contributed by atoms with Gasteiger partial charge in [0.2, 0.25) is 5.91 Å². The van der Waals surface area contributed by atoms with Crippen molar-refractivity contribution in [2.24, 2.45) is 11.8 Å². The topological polar surface area (TPSA) is 50.2 Å². The summed E-state index contributed by atoms with van der Waals surface area (Å²) in [7, 11) is 2.00. The van der Waals surface area contributed by atoms with E-state index >= 15 is 0 Å². The van der Waals surface area contributed by atoms with Gasteiger partial charge < -0.3 is 10.2 Å². The standard InChI is InChI=1S/C19H34N4O.ClH/c1-14(2)13-23-16(4)18(15(3)21-23)6-7-19(24)22-10-8-17(9-11-22)12-20-5;/h14,17,20H,6-13H2,1-5H3;1H. The summed E-state index contributed by atoms with van der Waals surface area (Å²) in [5.41, 5.74) is 3.56. The van der Waals surface area contributed by atoms with Crippen LogP contribution in [-0.4, -0.2) is 47.3 Å². The molecular weight excluding hydrogens is 336 g/mol. The molecule has 25 heavy (non-hydrogen) atoms. The first-order chi connectivity index (χ1) is 11.4. The Kier molecular flexibility index (Phi) is 8.94. The number of nitrogens with one attached hydrogen (secondary N) is 1. The fourth-order valence-corrected chi connectivity index (χ4v) is 3.68. The van der Waals surface area contributed by atoms with E-state index in [1.807, 2.05) is 7.05 Å². The minimum absolute atomic E-state index is 0. The number of aryl methyl sites for hydroxylation is 1. The molecule has 0 bridgehead atoms. The van der Waals surface area contributed by atoms with E-state index in [0.717, 1.165) is 57.1 Å². The molecule has 0 spiro atoms. The number of rotatable bonds is 7. The fourth-order valence-electron chi connectivity index (χ4n) is 3.68. The Hall–Kier alpha value is -1.07. The molecule has 1 aliphatic heterocycles. The molecule has 6 heteroatoms. The molecule has 2 heterocycles. The van der Waals surface area contributed by atoms with Crippen LogP contribution >= 0.6 is 12.4 Å². The van der Waals surface area contributed by atoms with Gasteiger partial charge in [0.05, 0.1) is 5.69 Å². The van der Waals surface area contributed by atoms with Gasteiger partial charge in [-0.1, -0.05) is 13.8 Å². The average molecular weight is 371 g/mol. The lowest BCUT2D eigenvalue weighted by molar-refractivity contribution is -0.132. The summed E-state index contributed by atoms with van der Waals surface area (Å²) in [6.45, 7) is 12.4. The zero-order chi connectivity index (χ0) is 17.7. The first kappa shape index (κ1) is 22.0. The van der Waals surface area contributed by atoms with Crippen molar-refractivity contribution in [3.63, 3.8) is 0 Å². The minimum Gasteiger partial charge on any atom is -0.343 e. The third-order valence-corrected chi connectivity index (χ3v) is 5.12. The number of nitrogens with zero attached hydrogens (tertiary/aromatic N) is 3. The summed E-state index contributed by atoms with van der Waals surface area (Å²) >= 11 is 0. The fraction of sp³-hybridized carbons (Fsp3) is 0.789. The molecule has 0 aliphatic carbocycles. The van der Waals surface area contributed by atoms with Gasteiger partial charge in [0.1, 0.15) is 0 Å².